The molecule has 0 aliphatic carbocycles. The van der Waals surface area contributed by atoms with E-state index in [0.717, 1.165) is 26.1 Å². The van der Waals surface area contributed by atoms with E-state index in [1.165, 1.54) is 0 Å². The summed E-state index contributed by atoms with van der Waals surface area (Å²) >= 11 is 0. The van der Waals surface area contributed by atoms with Crippen molar-refractivity contribution in [1.82, 2.24) is 0 Å². The molecule has 17 heavy (non-hydrogen) atoms. The lowest BCUT2D eigenvalue weighted by Crippen LogP contribution is -2.49. The van der Waals surface area contributed by atoms with Gasteiger partial charge in [0.15, 0.2) is 14.6 Å². The Hall–Kier alpha value is 0.0969. The molecule has 0 aromatic heterocycles. The van der Waals surface area contributed by atoms with Crippen molar-refractivity contribution in [2.24, 2.45) is 5.92 Å². The highest BCUT2D eigenvalue weighted by Gasteiger charge is 2.45. The molecule has 0 N–H and O–H groups in total. The third kappa shape index (κ3) is 2.75. The predicted octanol–water partition coefficient (Wildman–Crippen LogP) is 3.16. The van der Waals surface area contributed by atoms with E-state index < -0.39 is 8.32 Å². The molecule has 2 heterocycles. The minimum absolute atomic E-state index is 0.00137. The van der Waals surface area contributed by atoms with Crippen LogP contribution in [0.4, 0.5) is 0 Å². The maximum Gasteiger partial charge on any atom is 0.192 e. The maximum atomic E-state index is 6.54. The van der Waals surface area contributed by atoms with Gasteiger partial charge < -0.3 is 13.9 Å². The molecule has 4 heteroatoms. The number of ether oxygens (including phenoxy) is 2. The molecule has 0 aromatic carbocycles. The SMILES string of the molecule is CC(C)(C)[Si](C)(C)O[C@H]1CCO[C@H]2OCCC21. The Morgan fingerprint density at radius 3 is 2.24 bits per heavy atom. The lowest BCUT2D eigenvalue weighted by atomic mass is 9.96. The second-order valence-electron chi connectivity index (χ2n) is 6.77. The van der Waals surface area contributed by atoms with Crippen molar-refractivity contribution in [1.29, 1.82) is 0 Å². The van der Waals surface area contributed by atoms with Crippen LogP contribution in [0.2, 0.25) is 18.1 Å². The standard InChI is InChI=1S/C13H26O3Si/c1-13(2,3)17(4,5)16-11-7-9-15-12-10(11)6-8-14-12/h10-12H,6-9H2,1-5H3/t10?,11-,12+/m0/s1. The van der Waals surface area contributed by atoms with E-state index in [1.807, 2.05) is 0 Å². The summed E-state index contributed by atoms with van der Waals surface area (Å²) < 4.78 is 17.8. The molecule has 100 valence electrons. The summed E-state index contributed by atoms with van der Waals surface area (Å²) in [6.07, 6.45) is 2.46. The Morgan fingerprint density at radius 2 is 1.65 bits per heavy atom. The molecule has 3 atom stereocenters. The zero-order valence-electron chi connectivity index (χ0n) is 11.8. The summed E-state index contributed by atoms with van der Waals surface area (Å²) in [6.45, 7) is 13.1. The first-order valence-corrected chi connectivity index (χ1v) is 9.63. The fourth-order valence-corrected chi connectivity index (χ4v) is 3.73. The van der Waals surface area contributed by atoms with Gasteiger partial charge in [-0.25, -0.2) is 0 Å². The molecule has 0 bridgehead atoms. The molecule has 0 spiro atoms. The Bertz CT molecular complexity index is 272. The van der Waals surface area contributed by atoms with Crippen LogP contribution in [-0.2, 0) is 13.9 Å². The topological polar surface area (TPSA) is 27.7 Å². The van der Waals surface area contributed by atoms with Gasteiger partial charge in [-0.15, -0.1) is 0 Å². The fraction of sp³-hybridized carbons (Fsp3) is 1.00. The van der Waals surface area contributed by atoms with Crippen molar-refractivity contribution < 1.29 is 13.9 Å². The van der Waals surface area contributed by atoms with Crippen LogP contribution in [0.1, 0.15) is 33.6 Å². The van der Waals surface area contributed by atoms with Gasteiger partial charge in [-0.05, 0) is 31.0 Å². The lowest BCUT2D eigenvalue weighted by molar-refractivity contribution is -0.177. The number of rotatable bonds is 2. The van der Waals surface area contributed by atoms with Gasteiger partial charge >= 0.3 is 0 Å². The van der Waals surface area contributed by atoms with Crippen molar-refractivity contribution in [2.75, 3.05) is 13.2 Å². The van der Waals surface area contributed by atoms with Crippen LogP contribution < -0.4 is 0 Å². The fourth-order valence-electron chi connectivity index (χ4n) is 2.33. The van der Waals surface area contributed by atoms with Gasteiger partial charge in [-0.2, -0.15) is 0 Å². The first-order valence-electron chi connectivity index (χ1n) is 6.72. The molecule has 3 nitrogen and oxygen atoms in total. The van der Waals surface area contributed by atoms with Gasteiger partial charge in [0.2, 0.25) is 0 Å². The van der Waals surface area contributed by atoms with Crippen molar-refractivity contribution in [3.8, 4) is 0 Å². The predicted molar refractivity (Wildman–Crippen MR) is 70.5 cm³/mol. The monoisotopic (exact) mass is 258 g/mol. The summed E-state index contributed by atoms with van der Waals surface area (Å²) in [7, 11) is -1.66. The minimum atomic E-state index is -1.66. The van der Waals surface area contributed by atoms with Crippen molar-refractivity contribution in [3.63, 3.8) is 0 Å². The molecule has 2 saturated heterocycles. The van der Waals surface area contributed by atoms with E-state index in [-0.39, 0.29) is 11.3 Å². The number of hydrogen-bond donors (Lipinski definition) is 0. The summed E-state index contributed by atoms with van der Waals surface area (Å²) in [6, 6.07) is 0. The van der Waals surface area contributed by atoms with Crippen LogP contribution in [0.3, 0.4) is 0 Å². The summed E-state index contributed by atoms with van der Waals surface area (Å²) in [5.74, 6) is 0.456. The highest BCUT2D eigenvalue weighted by atomic mass is 28.4. The smallest absolute Gasteiger partial charge is 0.192 e. The van der Waals surface area contributed by atoms with Crippen LogP contribution in [0.15, 0.2) is 0 Å². The van der Waals surface area contributed by atoms with Crippen molar-refractivity contribution >= 4 is 8.32 Å². The van der Waals surface area contributed by atoms with Gasteiger partial charge in [0.05, 0.1) is 19.3 Å². The van der Waals surface area contributed by atoms with Crippen LogP contribution in [0, 0.1) is 5.92 Å². The Labute approximate surface area is 106 Å². The van der Waals surface area contributed by atoms with Gasteiger partial charge in [-0.1, -0.05) is 20.8 Å². The van der Waals surface area contributed by atoms with Crippen LogP contribution in [0.25, 0.3) is 0 Å². The Kier molecular flexibility index (Phi) is 3.70. The Morgan fingerprint density at radius 1 is 1.06 bits per heavy atom. The quantitative estimate of drug-likeness (QED) is 0.712. The average Bonchev–Trinajstić information content (AvgIpc) is 2.64. The van der Waals surface area contributed by atoms with E-state index in [4.69, 9.17) is 13.9 Å². The first kappa shape index (κ1) is 13.5. The number of hydrogen-bond acceptors (Lipinski definition) is 3. The number of fused-ring (bicyclic) bond motifs is 1. The molecule has 0 amide bonds. The third-order valence-corrected chi connectivity index (χ3v) is 9.00. The van der Waals surface area contributed by atoms with E-state index >= 15 is 0 Å². The van der Waals surface area contributed by atoms with Crippen molar-refractivity contribution in [3.05, 3.63) is 0 Å². The summed E-state index contributed by atoms with van der Waals surface area (Å²) in [5, 5.41) is 0.278. The second kappa shape index (κ2) is 4.65. The van der Waals surface area contributed by atoms with Gasteiger partial charge in [0.25, 0.3) is 0 Å². The van der Waals surface area contributed by atoms with E-state index in [1.54, 1.807) is 0 Å². The van der Waals surface area contributed by atoms with Crippen molar-refractivity contribution in [2.45, 2.75) is 64.1 Å². The molecule has 0 radical (unpaired) electrons. The van der Waals surface area contributed by atoms with E-state index in [2.05, 4.69) is 33.9 Å². The Balaban J connectivity index is 2.03. The molecule has 1 unspecified atom stereocenters. The molecular formula is C13H26O3Si. The summed E-state index contributed by atoms with van der Waals surface area (Å²) in [4.78, 5) is 0. The van der Waals surface area contributed by atoms with Gasteiger partial charge in [-0.3, -0.25) is 0 Å². The van der Waals surface area contributed by atoms with Crippen LogP contribution in [-0.4, -0.2) is 33.9 Å². The molecule has 0 aromatic rings. The molecular weight excluding hydrogens is 232 g/mol. The average molecular weight is 258 g/mol. The molecule has 2 aliphatic heterocycles. The molecule has 2 rings (SSSR count). The summed E-state index contributed by atoms with van der Waals surface area (Å²) in [5.41, 5.74) is 0. The van der Waals surface area contributed by atoms with E-state index in [0.29, 0.717) is 12.0 Å². The largest absolute Gasteiger partial charge is 0.413 e. The second-order valence-corrected chi connectivity index (χ2v) is 11.5. The highest BCUT2D eigenvalue weighted by Crippen LogP contribution is 2.41. The lowest BCUT2D eigenvalue weighted by Gasteiger charge is -2.43. The highest BCUT2D eigenvalue weighted by molar-refractivity contribution is 6.74. The minimum Gasteiger partial charge on any atom is -0.413 e. The van der Waals surface area contributed by atoms with Gasteiger partial charge in [0, 0.05) is 5.92 Å². The van der Waals surface area contributed by atoms with Crippen LogP contribution in [0.5, 0.6) is 0 Å². The first-order chi connectivity index (χ1) is 7.81. The zero-order valence-corrected chi connectivity index (χ0v) is 12.8. The normalized spacial score (nSPS) is 34.8. The molecule has 2 fully saturated rings. The molecule has 2 aliphatic rings. The van der Waals surface area contributed by atoms with Gasteiger partial charge in [0.1, 0.15) is 0 Å². The van der Waals surface area contributed by atoms with Crippen LogP contribution >= 0.6 is 0 Å². The zero-order chi connectivity index (χ0) is 12.7. The third-order valence-electron chi connectivity index (χ3n) is 4.50. The maximum absolute atomic E-state index is 6.54. The molecule has 0 saturated carbocycles. The van der Waals surface area contributed by atoms with E-state index in [9.17, 15) is 0 Å².